The lowest BCUT2D eigenvalue weighted by Gasteiger charge is -2.09. The maximum atomic E-state index is 11.7. The molecule has 0 unspecified atom stereocenters. The summed E-state index contributed by atoms with van der Waals surface area (Å²) in [5.41, 5.74) is -1.07. The van der Waals surface area contributed by atoms with E-state index in [-0.39, 0.29) is 17.5 Å². The number of H-pyrrole nitrogens is 1. The Bertz CT molecular complexity index is 597. The predicted octanol–water partition coefficient (Wildman–Crippen LogP) is 1.40. The van der Waals surface area contributed by atoms with E-state index in [1.807, 2.05) is 0 Å². The zero-order chi connectivity index (χ0) is 14.5. The molecule has 0 bridgehead atoms. The Hall–Kier alpha value is -1.85. The number of hydrogen-bond acceptors (Lipinski definition) is 4. The van der Waals surface area contributed by atoms with Crippen molar-refractivity contribution in [1.29, 1.82) is 0 Å². The number of nitrogens with one attached hydrogen (secondary N) is 1. The average molecular weight is 279 g/mol. The highest BCUT2D eigenvalue weighted by atomic mass is 16.3. The zero-order valence-electron chi connectivity index (χ0n) is 11.8. The Morgan fingerprint density at radius 1 is 1.35 bits per heavy atom. The molecule has 1 saturated carbocycles. The van der Waals surface area contributed by atoms with E-state index < -0.39 is 11.2 Å². The molecule has 1 heterocycles. The minimum Gasteiger partial charge on any atom is -0.494 e. The van der Waals surface area contributed by atoms with Crippen molar-refractivity contribution >= 4 is 6.21 Å². The average Bonchev–Trinajstić information content (AvgIpc) is 3.21. The Morgan fingerprint density at radius 2 is 2.10 bits per heavy atom. The fraction of sp³-hybridized carbons (Fsp3) is 0.643. The van der Waals surface area contributed by atoms with Crippen LogP contribution in [0.3, 0.4) is 0 Å². The minimum absolute atomic E-state index is 0.0759. The van der Waals surface area contributed by atoms with E-state index in [9.17, 15) is 14.7 Å². The number of nitrogens with zero attached hydrogens (tertiary/aromatic N) is 2. The summed E-state index contributed by atoms with van der Waals surface area (Å²) in [4.78, 5) is 29.9. The van der Waals surface area contributed by atoms with Crippen LogP contribution in [-0.2, 0) is 6.54 Å². The van der Waals surface area contributed by atoms with Crippen molar-refractivity contribution in [3.05, 3.63) is 26.4 Å². The monoisotopic (exact) mass is 279 g/mol. The highest BCUT2D eigenvalue weighted by Crippen LogP contribution is 2.23. The number of hydrogen-bond donors (Lipinski definition) is 2. The summed E-state index contributed by atoms with van der Waals surface area (Å²) in [6.07, 6.45) is 7.41. The Balaban J connectivity index is 2.19. The topological polar surface area (TPSA) is 87.4 Å². The van der Waals surface area contributed by atoms with Gasteiger partial charge in [0.2, 0.25) is 5.88 Å². The number of rotatable bonds is 7. The Kier molecular flexibility index (Phi) is 4.76. The van der Waals surface area contributed by atoms with Gasteiger partial charge in [-0.15, -0.1) is 0 Å². The molecule has 1 aromatic rings. The third-order valence-corrected chi connectivity index (χ3v) is 3.40. The summed E-state index contributed by atoms with van der Waals surface area (Å²) < 4.78 is 1.21. The van der Waals surface area contributed by atoms with Crippen molar-refractivity contribution in [1.82, 2.24) is 9.55 Å². The predicted molar refractivity (Wildman–Crippen MR) is 77.7 cm³/mol. The van der Waals surface area contributed by atoms with Crippen molar-refractivity contribution in [3.8, 4) is 5.88 Å². The third-order valence-electron chi connectivity index (χ3n) is 3.40. The molecule has 20 heavy (non-hydrogen) atoms. The van der Waals surface area contributed by atoms with Gasteiger partial charge >= 0.3 is 5.69 Å². The SMILES string of the molecule is CCCCCCn1c(O)c(C=NC2CC2)c(=O)[nH]c1=O. The normalized spacial score (nSPS) is 15.1. The van der Waals surface area contributed by atoms with Crippen LogP contribution in [0.2, 0.25) is 0 Å². The van der Waals surface area contributed by atoms with Crippen molar-refractivity contribution in [2.45, 2.75) is 58.0 Å². The first kappa shape index (κ1) is 14.6. The molecule has 2 rings (SSSR count). The molecule has 0 spiro atoms. The summed E-state index contributed by atoms with van der Waals surface area (Å²) in [6, 6.07) is 0.263. The lowest BCUT2D eigenvalue weighted by Crippen LogP contribution is -2.32. The van der Waals surface area contributed by atoms with Crippen LogP contribution in [0, 0.1) is 0 Å². The van der Waals surface area contributed by atoms with Crippen molar-refractivity contribution in [2.24, 2.45) is 4.99 Å². The summed E-state index contributed by atoms with van der Waals surface area (Å²) in [7, 11) is 0. The molecule has 1 aromatic heterocycles. The first-order chi connectivity index (χ1) is 9.63. The fourth-order valence-corrected chi connectivity index (χ4v) is 2.00. The molecular formula is C14H21N3O3. The van der Waals surface area contributed by atoms with E-state index in [1.54, 1.807) is 0 Å². The van der Waals surface area contributed by atoms with Gasteiger partial charge in [0.25, 0.3) is 5.56 Å². The fourth-order valence-electron chi connectivity index (χ4n) is 2.00. The number of aromatic nitrogens is 2. The van der Waals surface area contributed by atoms with Crippen LogP contribution in [0.5, 0.6) is 5.88 Å². The second-order valence-electron chi connectivity index (χ2n) is 5.22. The first-order valence-electron chi connectivity index (χ1n) is 7.22. The lowest BCUT2D eigenvalue weighted by atomic mass is 10.2. The van der Waals surface area contributed by atoms with E-state index in [0.29, 0.717) is 6.54 Å². The van der Waals surface area contributed by atoms with E-state index >= 15 is 0 Å². The smallest absolute Gasteiger partial charge is 0.331 e. The summed E-state index contributed by atoms with van der Waals surface area (Å²) >= 11 is 0. The Labute approximate surface area is 117 Å². The standard InChI is InChI=1S/C14H21N3O3/c1-2-3-4-5-8-17-13(19)11(9-15-10-6-7-10)12(18)16-14(17)20/h9-10,19H,2-8H2,1H3,(H,16,18,20). The molecular weight excluding hydrogens is 258 g/mol. The summed E-state index contributed by atoms with van der Waals surface area (Å²) in [5, 5.41) is 10.1. The number of unbranched alkanes of at least 4 members (excludes halogenated alkanes) is 3. The summed E-state index contributed by atoms with van der Waals surface area (Å²) in [6.45, 7) is 2.52. The van der Waals surface area contributed by atoms with Crippen LogP contribution < -0.4 is 11.2 Å². The molecule has 6 nitrogen and oxygen atoms in total. The van der Waals surface area contributed by atoms with Gasteiger partial charge in [0.15, 0.2) is 0 Å². The summed E-state index contributed by atoms with van der Waals surface area (Å²) in [5.74, 6) is -0.278. The van der Waals surface area contributed by atoms with Gasteiger partial charge in [-0.05, 0) is 19.3 Å². The molecule has 0 atom stereocenters. The van der Waals surface area contributed by atoms with Gasteiger partial charge < -0.3 is 5.11 Å². The first-order valence-corrected chi connectivity index (χ1v) is 7.22. The molecule has 0 radical (unpaired) electrons. The lowest BCUT2D eigenvalue weighted by molar-refractivity contribution is 0.392. The van der Waals surface area contributed by atoms with Crippen molar-refractivity contribution < 1.29 is 5.11 Å². The van der Waals surface area contributed by atoms with Crippen LogP contribution in [0.25, 0.3) is 0 Å². The molecule has 0 aromatic carbocycles. The molecule has 2 N–H and O–H groups in total. The number of aromatic amines is 1. The molecule has 0 amide bonds. The number of aliphatic imine (C=N–C) groups is 1. The van der Waals surface area contributed by atoms with Gasteiger partial charge in [-0.1, -0.05) is 26.2 Å². The second kappa shape index (κ2) is 6.54. The number of aromatic hydroxyl groups is 1. The van der Waals surface area contributed by atoms with Crippen molar-refractivity contribution in [3.63, 3.8) is 0 Å². The molecule has 0 saturated heterocycles. The molecule has 1 fully saturated rings. The van der Waals surface area contributed by atoms with E-state index in [1.165, 1.54) is 10.8 Å². The Morgan fingerprint density at radius 3 is 2.75 bits per heavy atom. The third kappa shape index (κ3) is 3.59. The van der Waals surface area contributed by atoms with Crippen LogP contribution in [0.15, 0.2) is 14.6 Å². The highest BCUT2D eigenvalue weighted by molar-refractivity contribution is 5.82. The van der Waals surface area contributed by atoms with E-state index in [4.69, 9.17) is 0 Å². The van der Waals surface area contributed by atoms with Crippen LogP contribution in [0.4, 0.5) is 0 Å². The molecule has 110 valence electrons. The van der Waals surface area contributed by atoms with Gasteiger partial charge in [0.1, 0.15) is 5.56 Å². The second-order valence-corrected chi connectivity index (χ2v) is 5.22. The molecule has 1 aliphatic rings. The van der Waals surface area contributed by atoms with Gasteiger partial charge in [-0.25, -0.2) is 4.79 Å². The van der Waals surface area contributed by atoms with Crippen LogP contribution >= 0.6 is 0 Å². The van der Waals surface area contributed by atoms with E-state index in [2.05, 4.69) is 16.9 Å². The molecule has 6 heteroatoms. The molecule has 0 aliphatic heterocycles. The van der Waals surface area contributed by atoms with Crippen molar-refractivity contribution in [2.75, 3.05) is 0 Å². The molecule has 1 aliphatic carbocycles. The maximum Gasteiger partial charge on any atom is 0.331 e. The van der Waals surface area contributed by atoms with Crippen LogP contribution in [-0.4, -0.2) is 26.9 Å². The van der Waals surface area contributed by atoms with Gasteiger partial charge in [0, 0.05) is 12.8 Å². The maximum absolute atomic E-state index is 11.7. The minimum atomic E-state index is -0.582. The van der Waals surface area contributed by atoms with Gasteiger partial charge in [-0.2, -0.15) is 0 Å². The van der Waals surface area contributed by atoms with Gasteiger partial charge in [-0.3, -0.25) is 19.3 Å². The van der Waals surface area contributed by atoms with E-state index in [0.717, 1.165) is 38.5 Å². The quantitative estimate of drug-likeness (QED) is 0.584. The largest absolute Gasteiger partial charge is 0.494 e. The van der Waals surface area contributed by atoms with Gasteiger partial charge in [0.05, 0.1) is 6.04 Å². The zero-order valence-corrected chi connectivity index (χ0v) is 11.8. The highest BCUT2D eigenvalue weighted by Gasteiger charge is 2.20. The van der Waals surface area contributed by atoms with Crippen LogP contribution in [0.1, 0.15) is 51.0 Å².